The van der Waals surface area contributed by atoms with Crippen LogP contribution in [0.4, 0.5) is 0 Å². The quantitative estimate of drug-likeness (QED) is 0.775. The predicted molar refractivity (Wildman–Crippen MR) is 96.4 cm³/mol. The van der Waals surface area contributed by atoms with Crippen LogP contribution in [-0.4, -0.2) is 26.8 Å². The Hall–Kier alpha value is -3.15. The van der Waals surface area contributed by atoms with E-state index in [9.17, 15) is 9.59 Å². The van der Waals surface area contributed by atoms with Crippen LogP contribution in [0.3, 0.4) is 0 Å². The molecule has 0 spiro atoms. The Balaban J connectivity index is 1.68. The van der Waals surface area contributed by atoms with Gasteiger partial charge in [0.25, 0.3) is 5.91 Å². The lowest BCUT2D eigenvalue weighted by molar-refractivity contribution is 0.0951. The lowest BCUT2D eigenvalue weighted by Gasteiger charge is -2.05. The van der Waals surface area contributed by atoms with Gasteiger partial charge in [-0.1, -0.05) is 48.0 Å². The fourth-order valence-corrected chi connectivity index (χ4v) is 2.64. The van der Waals surface area contributed by atoms with Crippen molar-refractivity contribution in [2.45, 2.75) is 13.5 Å². The molecule has 2 aromatic carbocycles. The molecule has 0 saturated heterocycles. The highest BCUT2D eigenvalue weighted by Crippen LogP contribution is 2.13. The highest BCUT2D eigenvalue weighted by Gasteiger charge is 2.12. The SMILES string of the molecule is Cc1cccc(C(=O)NCCn2nc(-c3ccccc3)n(C)c2=O)c1. The highest BCUT2D eigenvalue weighted by atomic mass is 16.2. The fraction of sp³-hybridized carbons (Fsp3) is 0.211. The number of nitrogens with zero attached hydrogens (tertiary/aromatic N) is 3. The Kier molecular flexibility index (Phi) is 4.79. The van der Waals surface area contributed by atoms with Crippen LogP contribution in [0, 0.1) is 6.92 Å². The van der Waals surface area contributed by atoms with Crippen LogP contribution in [0.15, 0.2) is 59.4 Å². The van der Waals surface area contributed by atoms with E-state index in [0.717, 1.165) is 11.1 Å². The van der Waals surface area contributed by atoms with Crippen LogP contribution in [0.5, 0.6) is 0 Å². The average Bonchev–Trinajstić information content (AvgIpc) is 2.91. The molecule has 1 aromatic heterocycles. The second-order valence-corrected chi connectivity index (χ2v) is 5.88. The number of hydrogen-bond acceptors (Lipinski definition) is 3. The summed E-state index contributed by atoms with van der Waals surface area (Å²) >= 11 is 0. The van der Waals surface area contributed by atoms with E-state index in [2.05, 4.69) is 10.4 Å². The van der Waals surface area contributed by atoms with Crippen LogP contribution >= 0.6 is 0 Å². The van der Waals surface area contributed by atoms with E-state index in [4.69, 9.17) is 0 Å². The Morgan fingerprint density at radius 1 is 1.12 bits per heavy atom. The molecule has 0 aliphatic carbocycles. The number of hydrogen-bond donors (Lipinski definition) is 1. The molecule has 1 N–H and O–H groups in total. The van der Waals surface area contributed by atoms with Gasteiger partial charge in [-0.2, -0.15) is 0 Å². The van der Waals surface area contributed by atoms with Gasteiger partial charge in [-0.3, -0.25) is 9.36 Å². The second kappa shape index (κ2) is 7.17. The largest absolute Gasteiger partial charge is 0.350 e. The summed E-state index contributed by atoms with van der Waals surface area (Å²) in [5.74, 6) is 0.451. The summed E-state index contributed by atoms with van der Waals surface area (Å²) in [5.41, 5.74) is 2.31. The molecule has 0 aliphatic heterocycles. The third-order valence-corrected chi connectivity index (χ3v) is 3.96. The smallest absolute Gasteiger partial charge is 0.345 e. The van der Waals surface area contributed by atoms with Gasteiger partial charge < -0.3 is 5.32 Å². The molecule has 0 saturated carbocycles. The van der Waals surface area contributed by atoms with Crippen LogP contribution in [0.1, 0.15) is 15.9 Å². The summed E-state index contributed by atoms with van der Waals surface area (Å²) in [6.45, 7) is 2.59. The first kappa shape index (κ1) is 16.7. The van der Waals surface area contributed by atoms with Gasteiger partial charge in [0, 0.05) is 24.7 Å². The molecule has 1 amide bonds. The van der Waals surface area contributed by atoms with Crippen molar-refractivity contribution in [2.75, 3.05) is 6.54 Å². The average molecular weight is 336 g/mol. The van der Waals surface area contributed by atoms with E-state index in [1.165, 1.54) is 9.25 Å². The Morgan fingerprint density at radius 3 is 2.60 bits per heavy atom. The highest BCUT2D eigenvalue weighted by molar-refractivity contribution is 5.94. The number of nitrogens with one attached hydrogen (secondary N) is 1. The minimum atomic E-state index is -0.205. The third kappa shape index (κ3) is 3.68. The van der Waals surface area contributed by atoms with Crippen molar-refractivity contribution in [3.63, 3.8) is 0 Å². The van der Waals surface area contributed by atoms with Gasteiger partial charge in [-0.25, -0.2) is 9.48 Å². The van der Waals surface area contributed by atoms with Gasteiger partial charge in [0.1, 0.15) is 0 Å². The number of rotatable bonds is 5. The predicted octanol–water partition coefficient (Wildman–Crippen LogP) is 1.99. The number of carbonyl (C=O) groups excluding carboxylic acids is 1. The summed E-state index contributed by atoms with van der Waals surface area (Å²) < 4.78 is 2.89. The number of benzene rings is 2. The molecule has 0 radical (unpaired) electrons. The van der Waals surface area contributed by atoms with Crippen molar-refractivity contribution in [2.24, 2.45) is 7.05 Å². The number of carbonyl (C=O) groups is 1. The van der Waals surface area contributed by atoms with E-state index in [1.54, 1.807) is 13.1 Å². The third-order valence-electron chi connectivity index (χ3n) is 3.96. The minimum absolute atomic E-state index is 0.157. The lowest BCUT2D eigenvalue weighted by Crippen LogP contribution is -2.31. The van der Waals surface area contributed by atoms with Crippen molar-refractivity contribution in [1.82, 2.24) is 19.7 Å². The molecule has 3 rings (SSSR count). The maximum absolute atomic E-state index is 12.3. The maximum Gasteiger partial charge on any atom is 0.345 e. The Morgan fingerprint density at radius 2 is 1.88 bits per heavy atom. The molecule has 0 aliphatic rings. The van der Waals surface area contributed by atoms with Crippen molar-refractivity contribution in [1.29, 1.82) is 0 Å². The van der Waals surface area contributed by atoms with Gasteiger partial charge in [0.15, 0.2) is 5.82 Å². The van der Waals surface area contributed by atoms with Crippen LogP contribution in [0.2, 0.25) is 0 Å². The number of aromatic nitrogens is 3. The van der Waals surface area contributed by atoms with Gasteiger partial charge in [-0.15, -0.1) is 5.10 Å². The summed E-state index contributed by atoms with van der Waals surface area (Å²) in [6.07, 6.45) is 0. The molecular formula is C19H20N4O2. The zero-order valence-electron chi connectivity index (χ0n) is 14.3. The summed E-state index contributed by atoms with van der Waals surface area (Å²) in [7, 11) is 1.69. The second-order valence-electron chi connectivity index (χ2n) is 5.88. The molecule has 25 heavy (non-hydrogen) atoms. The molecule has 128 valence electrons. The van der Waals surface area contributed by atoms with Gasteiger partial charge >= 0.3 is 5.69 Å². The van der Waals surface area contributed by atoms with Crippen molar-refractivity contribution >= 4 is 5.91 Å². The van der Waals surface area contributed by atoms with Gasteiger partial charge in [-0.05, 0) is 19.1 Å². The van der Waals surface area contributed by atoms with E-state index in [1.807, 2.05) is 55.5 Å². The molecular weight excluding hydrogens is 316 g/mol. The van der Waals surface area contributed by atoms with Crippen LogP contribution in [0.25, 0.3) is 11.4 Å². The Bertz CT molecular complexity index is 942. The zero-order chi connectivity index (χ0) is 17.8. The molecule has 6 heteroatoms. The number of aryl methyl sites for hydroxylation is 1. The van der Waals surface area contributed by atoms with E-state index in [0.29, 0.717) is 24.5 Å². The fourth-order valence-electron chi connectivity index (χ4n) is 2.64. The van der Waals surface area contributed by atoms with Crippen molar-refractivity contribution < 1.29 is 4.79 Å². The molecule has 6 nitrogen and oxygen atoms in total. The van der Waals surface area contributed by atoms with Crippen LogP contribution < -0.4 is 11.0 Å². The van der Waals surface area contributed by atoms with E-state index < -0.39 is 0 Å². The molecule has 0 unspecified atom stereocenters. The normalized spacial score (nSPS) is 10.6. The van der Waals surface area contributed by atoms with Gasteiger partial charge in [0.2, 0.25) is 0 Å². The minimum Gasteiger partial charge on any atom is -0.350 e. The topological polar surface area (TPSA) is 68.9 Å². The zero-order valence-corrected chi connectivity index (χ0v) is 14.3. The molecule has 0 fully saturated rings. The molecule has 3 aromatic rings. The van der Waals surface area contributed by atoms with Crippen molar-refractivity contribution in [3.8, 4) is 11.4 Å². The van der Waals surface area contributed by atoms with E-state index >= 15 is 0 Å². The van der Waals surface area contributed by atoms with Crippen molar-refractivity contribution in [3.05, 3.63) is 76.2 Å². The van der Waals surface area contributed by atoms with Crippen LogP contribution in [-0.2, 0) is 13.6 Å². The first-order chi connectivity index (χ1) is 12.1. The maximum atomic E-state index is 12.3. The lowest BCUT2D eigenvalue weighted by atomic mass is 10.1. The summed E-state index contributed by atoms with van der Waals surface area (Å²) in [4.78, 5) is 24.4. The van der Waals surface area contributed by atoms with E-state index in [-0.39, 0.29) is 11.6 Å². The molecule has 1 heterocycles. The molecule has 0 bridgehead atoms. The standard InChI is InChI=1S/C19H20N4O2/c1-14-7-6-10-16(13-14)18(24)20-11-12-23-19(25)22(2)17(21-23)15-8-4-3-5-9-15/h3-10,13H,11-12H2,1-2H3,(H,20,24). The van der Waals surface area contributed by atoms with Gasteiger partial charge in [0.05, 0.1) is 6.54 Å². The first-order valence-electron chi connectivity index (χ1n) is 8.10. The Labute approximate surface area is 145 Å². The number of amides is 1. The first-order valence-corrected chi connectivity index (χ1v) is 8.10. The summed E-state index contributed by atoms with van der Waals surface area (Å²) in [5, 5.41) is 7.20. The molecule has 0 atom stereocenters. The monoisotopic (exact) mass is 336 g/mol. The summed E-state index contributed by atoms with van der Waals surface area (Å²) in [6, 6.07) is 16.9.